The third-order valence-electron chi connectivity index (χ3n) is 7.05. The number of nitrogen functional groups attached to an aromatic ring is 1. The lowest BCUT2D eigenvalue weighted by Crippen LogP contribution is -2.33. The number of ether oxygens (including phenoxy) is 1. The maximum atomic E-state index is 10.9. The second kappa shape index (κ2) is 7.30. The summed E-state index contributed by atoms with van der Waals surface area (Å²) >= 11 is 0. The smallest absolute Gasteiger partial charge is 0.168 e. The first-order valence-corrected chi connectivity index (χ1v) is 11.3. The van der Waals surface area contributed by atoms with Crippen LogP contribution in [0.4, 0.5) is 5.82 Å². The number of nitrogens with two attached hydrogens (primary N) is 1. The van der Waals surface area contributed by atoms with Crippen LogP contribution < -0.4 is 5.73 Å². The van der Waals surface area contributed by atoms with Crippen LogP contribution in [0.25, 0.3) is 54.9 Å². The Morgan fingerprint density at radius 3 is 2.34 bits per heavy atom. The van der Waals surface area contributed by atoms with Crippen molar-refractivity contribution in [2.45, 2.75) is 24.5 Å². The molecule has 9 nitrogen and oxygen atoms in total. The molecule has 1 aliphatic rings. The van der Waals surface area contributed by atoms with Gasteiger partial charge in [0.1, 0.15) is 30.5 Å². The minimum absolute atomic E-state index is 0.194. The van der Waals surface area contributed by atoms with Gasteiger partial charge in [0.25, 0.3) is 0 Å². The van der Waals surface area contributed by atoms with Gasteiger partial charge in [-0.05, 0) is 32.3 Å². The molecule has 9 heteroatoms. The van der Waals surface area contributed by atoms with Crippen LogP contribution in [-0.2, 0) is 4.74 Å². The van der Waals surface area contributed by atoms with Crippen LogP contribution in [0.2, 0.25) is 0 Å². The predicted octanol–water partition coefficient (Wildman–Crippen LogP) is 2.58. The average Bonchev–Trinajstić information content (AvgIpc) is 3.40. The van der Waals surface area contributed by atoms with E-state index in [0.717, 1.165) is 32.5 Å². The molecule has 174 valence electrons. The predicted molar refractivity (Wildman–Crippen MR) is 132 cm³/mol. The zero-order valence-electron chi connectivity index (χ0n) is 18.4. The highest BCUT2D eigenvalue weighted by molar-refractivity contribution is 6.25. The van der Waals surface area contributed by atoms with Gasteiger partial charge in [0.05, 0.1) is 6.61 Å². The highest BCUT2D eigenvalue weighted by Crippen LogP contribution is 2.42. The van der Waals surface area contributed by atoms with Crippen LogP contribution in [0, 0.1) is 0 Å². The molecule has 2 aromatic heterocycles. The monoisotopic (exact) mass is 467 g/mol. The fourth-order valence-corrected chi connectivity index (χ4v) is 5.38. The molecule has 4 atom stereocenters. The molecule has 1 fully saturated rings. The number of nitrogens with zero attached hydrogens (tertiary/aromatic N) is 4. The third kappa shape index (κ3) is 2.74. The maximum Gasteiger partial charge on any atom is 0.168 e. The summed E-state index contributed by atoms with van der Waals surface area (Å²) in [6, 6.07) is 18.6. The van der Waals surface area contributed by atoms with Crippen LogP contribution in [0.1, 0.15) is 6.23 Å². The number of fused-ring (bicyclic) bond motifs is 1. The highest BCUT2D eigenvalue weighted by atomic mass is 16.6. The summed E-state index contributed by atoms with van der Waals surface area (Å²) in [5, 5.41) is 37.6. The number of aliphatic hydroxyl groups is 3. The van der Waals surface area contributed by atoms with Gasteiger partial charge in [-0.3, -0.25) is 4.57 Å². The van der Waals surface area contributed by atoms with Crippen molar-refractivity contribution in [1.82, 2.24) is 19.5 Å². The lowest BCUT2D eigenvalue weighted by Gasteiger charge is -2.20. The van der Waals surface area contributed by atoms with Crippen molar-refractivity contribution in [3.8, 4) is 11.4 Å². The van der Waals surface area contributed by atoms with Crippen molar-refractivity contribution in [1.29, 1.82) is 0 Å². The Bertz CT molecular complexity index is 1730. The van der Waals surface area contributed by atoms with Crippen LogP contribution in [-0.4, -0.2) is 59.8 Å². The van der Waals surface area contributed by atoms with Crippen molar-refractivity contribution < 1.29 is 20.1 Å². The fourth-order valence-electron chi connectivity index (χ4n) is 5.38. The van der Waals surface area contributed by atoms with Gasteiger partial charge in [0, 0.05) is 5.56 Å². The Morgan fingerprint density at radius 1 is 0.886 bits per heavy atom. The Kier molecular flexibility index (Phi) is 4.27. The molecule has 7 rings (SSSR count). The van der Waals surface area contributed by atoms with Crippen molar-refractivity contribution in [3.05, 3.63) is 60.9 Å². The molecule has 0 saturated carbocycles. The van der Waals surface area contributed by atoms with E-state index in [4.69, 9.17) is 15.5 Å². The maximum absolute atomic E-state index is 10.9. The standard InChI is InChI=1S/C26H21N5O4/c27-23-20-25(29-11-28-23)31(26-22(34)21(33)17(10-32)35-26)24(30-20)16-9-7-14-5-4-12-2-1-3-13-6-8-15(16)19(14)18(12)13/h1-9,11,17,21-22,26,32-34H,10H2,(H2,27,28,29). The first-order valence-electron chi connectivity index (χ1n) is 11.3. The number of hydrogen-bond acceptors (Lipinski definition) is 8. The number of benzene rings is 4. The molecule has 1 saturated heterocycles. The molecule has 0 amide bonds. The minimum Gasteiger partial charge on any atom is -0.394 e. The van der Waals surface area contributed by atoms with Gasteiger partial charge in [-0.25, -0.2) is 15.0 Å². The number of rotatable bonds is 3. The molecule has 0 spiro atoms. The SMILES string of the molecule is Nc1ncnc2c1nc(-c1ccc3ccc4cccc5ccc1c3c45)n2C1OC(CO)C(O)C1O. The van der Waals surface area contributed by atoms with Crippen LogP contribution >= 0.6 is 0 Å². The highest BCUT2D eigenvalue weighted by Gasteiger charge is 2.45. The van der Waals surface area contributed by atoms with E-state index in [1.165, 1.54) is 11.7 Å². The normalized spacial score (nSPS) is 22.8. The zero-order chi connectivity index (χ0) is 23.8. The molecule has 0 aliphatic carbocycles. The number of aliphatic hydroxyl groups excluding tert-OH is 3. The molecule has 1 aliphatic heterocycles. The van der Waals surface area contributed by atoms with Crippen molar-refractivity contribution >= 4 is 49.3 Å². The number of aromatic nitrogens is 4. The van der Waals surface area contributed by atoms with Crippen LogP contribution in [0.15, 0.2) is 60.9 Å². The minimum atomic E-state index is -1.31. The van der Waals surface area contributed by atoms with Gasteiger partial charge >= 0.3 is 0 Å². The molecule has 5 N–H and O–H groups in total. The molecular weight excluding hydrogens is 446 g/mol. The number of imidazole rings is 1. The summed E-state index contributed by atoms with van der Waals surface area (Å²) in [4.78, 5) is 13.3. The Morgan fingerprint density at radius 2 is 1.60 bits per heavy atom. The Hall–Kier alpha value is -3.89. The largest absolute Gasteiger partial charge is 0.394 e. The third-order valence-corrected chi connectivity index (χ3v) is 7.05. The second-order valence-corrected chi connectivity index (χ2v) is 8.93. The zero-order valence-corrected chi connectivity index (χ0v) is 18.4. The van der Waals surface area contributed by atoms with E-state index in [1.807, 2.05) is 18.2 Å². The van der Waals surface area contributed by atoms with Gasteiger partial charge < -0.3 is 25.8 Å². The topological polar surface area (TPSA) is 140 Å². The Balaban J connectivity index is 1.57. The number of hydrogen-bond donors (Lipinski definition) is 4. The summed E-state index contributed by atoms with van der Waals surface area (Å²) in [6.07, 6.45) is -3.23. The summed E-state index contributed by atoms with van der Waals surface area (Å²) in [5.41, 5.74) is 7.67. The molecule has 0 radical (unpaired) electrons. The average molecular weight is 467 g/mol. The van der Waals surface area contributed by atoms with E-state index >= 15 is 0 Å². The molecule has 4 aromatic carbocycles. The molecular formula is C26H21N5O4. The summed E-state index contributed by atoms with van der Waals surface area (Å²) < 4.78 is 7.53. The molecule has 0 bridgehead atoms. The van der Waals surface area contributed by atoms with Gasteiger partial charge in [-0.2, -0.15) is 0 Å². The van der Waals surface area contributed by atoms with Gasteiger partial charge in [0.15, 0.2) is 23.2 Å². The van der Waals surface area contributed by atoms with Gasteiger partial charge in [-0.1, -0.05) is 54.6 Å². The lowest BCUT2D eigenvalue weighted by atomic mass is 9.92. The summed E-state index contributed by atoms with van der Waals surface area (Å²) in [5.74, 6) is 0.666. The molecule has 3 heterocycles. The first kappa shape index (κ1) is 20.5. The van der Waals surface area contributed by atoms with Crippen LogP contribution in [0.3, 0.4) is 0 Å². The van der Waals surface area contributed by atoms with Crippen molar-refractivity contribution in [2.75, 3.05) is 12.3 Å². The van der Waals surface area contributed by atoms with Crippen molar-refractivity contribution in [2.24, 2.45) is 0 Å². The van der Waals surface area contributed by atoms with E-state index in [-0.39, 0.29) is 5.82 Å². The molecule has 35 heavy (non-hydrogen) atoms. The van der Waals surface area contributed by atoms with E-state index in [1.54, 1.807) is 4.57 Å². The summed E-state index contributed by atoms with van der Waals surface area (Å²) in [7, 11) is 0. The van der Waals surface area contributed by atoms with Gasteiger partial charge in [0.2, 0.25) is 0 Å². The second-order valence-electron chi connectivity index (χ2n) is 8.93. The van der Waals surface area contributed by atoms with E-state index < -0.39 is 31.1 Å². The fraction of sp³-hybridized carbons (Fsp3) is 0.192. The molecule has 4 unspecified atom stereocenters. The number of anilines is 1. The van der Waals surface area contributed by atoms with E-state index in [2.05, 4.69) is 46.4 Å². The van der Waals surface area contributed by atoms with Gasteiger partial charge in [-0.15, -0.1) is 0 Å². The van der Waals surface area contributed by atoms with Crippen molar-refractivity contribution in [3.63, 3.8) is 0 Å². The van der Waals surface area contributed by atoms with Crippen LogP contribution in [0.5, 0.6) is 0 Å². The van der Waals surface area contributed by atoms with E-state index in [0.29, 0.717) is 17.0 Å². The first-order chi connectivity index (χ1) is 17.1. The quantitative estimate of drug-likeness (QED) is 0.291. The molecule has 6 aromatic rings. The summed E-state index contributed by atoms with van der Waals surface area (Å²) in [6.45, 7) is -0.438. The Labute approximate surface area is 198 Å². The lowest BCUT2D eigenvalue weighted by molar-refractivity contribution is -0.0503. The van der Waals surface area contributed by atoms with E-state index in [9.17, 15) is 15.3 Å².